The first-order chi connectivity index (χ1) is 9.58. The van der Waals surface area contributed by atoms with Crippen LogP contribution in [0.2, 0.25) is 0 Å². The molecule has 8 nitrogen and oxygen atoms in total. The van der Waals surface area contributed by atoms with Crippen LogP contribution in [0, 0.1) is 0 Å². The Morgan fingerprint density at radius 1 is 1.55 bits per heavy atom. The van der Waals surface area contributed by atoms with Crippen LogP contribution < -0.4 is 5.32 Å². The Kier molecular flexibility index (Phi) is 4.54. The molecule has 0 bridgehead atoms. The van der Waals surface area contributed by atoms with Crippen LogP contribution in [0.25, 0.3) is 0 Å². The van der Waals surface area contributed by atoms with Crippen LogP contribution >= 0.6 is 0 Å². The number of amides is 2. The summed E-state index contributed by atoms with van der Waals surface area (Å²) in [5.74, 6) is -0.0867. The Hall–Kier alpha value is -2.12. The van der Waals surface area contributed by atoms with Crippen molar-refractivity contribution in [3.63, 3.8) is 0 Å². The number of nitrogens with zero attached hydrogens (tertiary/aromatic N) is 4. The topological polar surface area (TPSA) is 100 Å². The summed E-state index contributed by atoms with van der Waals surface area (Å²) in [6, 6.07) is 0.0000893. The van der Waals surface area contributed by atoms with Crippen LogP contribution in [0.1, 0.15) is 25.1 Å². The second kappa shape index (κ2) is 6.36. The van der Waals surface area contributed by atoms with E-state index in [-0.39, 0.29) is 25.0 Å². The summed E-state index contributed by atoms with van der Waals surface area (Å²) in [6.45, 7) is 0.720. The van der Waals surface area contributed by atoms with Crippen LogP contribution in [0.3, 0.4) is 0 Å². The van der Waals surface area contributed by atoms with Gasteiger partial charge in [-0.2, -0.15) is 0 Å². The van der Waals surface area contributed by atoms with Gasteiger partial charge in [0.25, 0.3) is 0 Å². The standard InChI is InChI=1S/C12H19N5O3/c1-16-8-14-15-10(16)4-6-13-12(20)17(9-2-3-9)7-5-11(18)19/h8-9H,2-7H2,1H3,(H,13,20)(H,18,19). The lowest BCUT2D eigenvalue weighted by Crippen LogP contribution is -2.43. The molecule has 0 atom stereocenters. The number of carbonyl (C=O) groups is 2. The molecule has 1 aliphatic rings. The summed E-state index contributed by atoms with van der Waals surface area (Å²) in [4.78, 5) is 24.2. The maximum Gasteiger partial charge on any atom is 0.317 e. The summed E-state index contributed by atoms with van der Waals surface area (Å²) in [5.41, 5.74) is 0. The van der Waals surface area contributed by atoms with Gasteiger partial charge in [0.1, 0.15) is 12.2 Å². The zero-order valence-electron chi connectivity index (χ0n) is 11.4. The molecule has 8 heteroatoms. The van der Waals surface area contributed by atoms with Crippen LogP contribution in [-0.4, -0.2) is 55.9 Å². The van der Waals surface area contributed by atoms with Crippen molar-refractivity contribution < 1.29 is 14.7 Å². The average molecular weight is 281 g/mol. The third-order valence-electron chi connectivity index (χ3n) is 3.25. The number of aromatic nitrogens is 3. The second-order valence-corrected chi connectivity index (χ2v) is 4.91. The van der Waals surface area contributed by atoms with Crippen molar-refractivity contribution in [2.75, 3.05) is 13.1 Å². The summed E-state index contributed by atoms with van der Waals surface area (Å²) < 4.78 is 1.80. The minimum absolute atomic E-state index is 0.0206. The van der Waals surface area contributed by atoms with E-state index in [4.69, 9.17) is 5.11 Å². The number of urea groups is 1. The smallest absolute Gasteiger partial charge is 0.317 e. The molecule has 1 saturated carbocycles. The van der Waals surface area contributed by atoms with Crippen molar-refractivity contribution in [2.24, 2.45) is 7.05 Å². The minimum Gasteiger partial charge on any atom is -0.481 e. The molecule has 1 heterocycles. The van der Waals surface area contributed by atoms with Crippen molar-refractivity contribution in [1.82, 2.24) is 25.0 Å². The van der Waals surface area contributed by atoms with Crippen molar-refractivity contribution >= 4 is 12.0 Å². The quantitative estimate of drug-likeness (QED) is 0.733. The third-order valence-corrected chi connectivity index (χ3v) is 3.25. The first-order valence-electron chi connectivity index (χ1n) is 6.67. The van der Waals surface area contributed by atoms with Gasteiger partial charge in [0, 0.05) is 32.6 Å². The fourth-order valence-corrected chi connectivity index (χ4v) is 1.97. The Morgan fingerprint density at radius 2 is 2.30 bits per heavy atom. The molecule has 2 rings (SSSR count). The molecule has 2 amide bonds. The first kappa shape index (κ1) is 14.3. The third kappa shape index (κ3) is 3.94. The molecular weight excluding hydrogens is 262 g/mol. The Morgan fingerprint density at radius 3 is 2.85 bits per heavy atom. The SMILES string of the molecule is Cn1cnnc1CCNC(=O)N(CCC(=O)O)C1CC1. The summed E-state index contributed by atoms with van der Waals surface area (Å²) in [6.07, 6.45) is 4.10. The molecule has 0 radical (unpaired) electrons. The van der Waals surface area contributed by atoms with Gasteiger partial charge in [-0.15, -0.1) is 10.2 Å². The molecule has 1 aromatic rings. The Bertz CT molecular complexity index is 483. The first-order valence-corrected chi connectivity index (χ1v) is 6.67. The maximum absolute atomic E-state index is 12.0. The van der Waals surface area contributed by atoms with Crippen LogP contribution in [0.4, 0.5) is 4.79 Å². The van der Waals surface area contributed by atoms with Crippen molar-refractivity contribution in [3.8, 4) is 0 Å². The molecule has 20 heavy (non-hydrogen) atoms. The highest BCUT2D eigenvalue weighted by atomic mass is 16.4. The number of aliphatic carboxylic acids is 1. The van der Waals surface area contributed by atoms with E-state index in [9.17, 15) is 9.59 Å². The molecule has 2 N–H and O–H groups in total. The fourth-order valence-electron chi connectivity index (χ4n) is 1.97. The number of carbonyl (C=O) groups excluding carboxylic acids is 1. The van der Waals surface area contributed by atoms with Gasteiger partial charge in [-0.05, 0) is 12.8 Å². The highest BCUT2D eigenvalue weighted by Gasteiger charge is 2.32. The van der Waals surface area contributed by atoms with E-state index >= 15 is 0 Å². The molecule has 0 saturated heterocycles. The Labute approximate surface area is 116 Å². The van der Waals surface area contributed by atoms with E-state index in [2.05, 4.69) is 15.5 Å². The predicted molar refractivity (Wildman–Crippen MR) is 70.1 cm³/mol. The molecule has 110 valence electrons. The van der Waals surface area contributed by atoms with Crippen LogP contribution in [0.15, 0.2) is 6.33 Å². The van der Waals surface area contributed by atoms with E-state index in [1.54, 1.807) is 15.8 Å². The van der Waals surface area contributed by atoms with Crippen LogP contribution in [0.5, 0.6) is 0 Å². The van der Waals surface area contributed by atoms with Gasteiger partial charge in [0.15, 0.2) is 0 Å². The number of hydrogen-bond donors (Lipinski definition) is 2. The van der Waals surface area contributed by atoms with Gasteiger partial charge in [0.05, 0.1) is 6.42 Å². The number of rotatable bonds is 7. The summed E-state index contributed by atoms with van der Waals surface area (Å²) >= 11 is 0. The van der Waals surface area contributed by atoms with E-state index in [0.29, 0.717) is 13.0 Å². The number of carboxylic acid groups (broad SMARTS) is 1. The van der Waals surface area contributed by atoms with E-state index < -0.39 is 5.97 Å². The molecule has 0 aromatic carbocycles. The fraction of sp³-hybridized carbons (Fsp3) is 0.667. The van der Waals surface area contributed by atoms with Gasteiger partial charge >= 0.3 is 12.0 Å². The molecule has 0 unspecified atom stereocenters. The average Bonchev–Trinajstić information content (AvgIpc) is 3.14. The monoisotopic (exact) mass is 281 g/mol. The van der Waals surface area contributed by atoms with Crippen molar-refractivity contribution in [1.29, 1.82) is 0 Å². The number of carboxylic acids is 1. The number of aryl methyl sites for hydroxylation is 1. The van der Waals surface area contributed by atoms with Gasteiger partial charge < -0.3 is 19.9 Å². The highest BCUT2D eigenvalue weighted by molar-refractivity contribution is 5.76. The van der Waals surface area contributed by atoms with Gasteiger partial charge in [-0.3, -0.25) is 4.79 Å². The lowest BCUT2D eigenvalue weighted by molar-refractivity contribution is -0.137. The number of hydrogen-bond acceptors (Lipinski definition) is 4. The second-order valence-electron chi connectivity index (χ2n) is 4.91. The summed E-state index contributed by atoms with van der Waals surface area (Å²) in [5, 5.41) is 19.2. The highest BCUT2D eigenvalue weighted by Crippen LogP contribution is 2.26. The zero-order chi connectivity index (χ0) is 14.5. The normalized spacial score (nSPS) is 14.1. The van der Waals surface area contributed by atoms with E-state index in [1.165, 1.54) is 0 Å². The van der Waals surface area contributed by atoms with Crippen LogP contribution in [-0.2, 0) is 18.3 Å². The van der Waals surface area contributed by atoms with E-state index in [1.807, 2.05) is 7.05 Å². The molecule has 1 fully saturated rings. The van der Waals surface area contributed by atoms with Crippen molar-refractivity contribution in [2.45, 2.75) is 31.7 Å². The van der Waals surface area contributed by atoms with Crippen molar-refractivity contribution in [3.05, 3.63) is 12.2 Å². The van der Waals surface area contributed by atoms with Gasteiger partial charge in [-0.1, -0.05) is 0 Å². The largest absolute Gasteiger partial charge is 0.481 e. The maximum atomic E-state index is 12.0. The number of nitrogens with one attached hydrogen (secondary N) is 1. The predicted octanol–water partition coefficient (Wildman–Crippen LogP) is 0.00630. The summed E-state index contributed by atoms with van der Waals surface area (Å²) in [7, 11) is 1.85. The molecular formula is C12H19N5O3. The van der Waals surface area contributed by atoms with Gasteiger partial charge in [-0.25, -0.2) is 4.79 Å². The molecule has 1 aromatic heterocycles. The van der Waals surface area contributed by atoms with Gasteiger partial charge in [0.2, 0.25) is 0 Å². The molecule has 0 aliphatic heterocycles. The lowest BCUT2D eigenvalue weighted by Gasteiger charge is -2.22. The molecule has 1 aliphatic carbocycles. The lowest BCUT2D eigenvalue weighted by atomic mass is 10.3. The molecule has 0 spiro atoms. The zero-order valence-corrected chi connectivity index (χ0v) is 11.4. The Balaban J connectivity index is 1.76. The minimum atomic E-state index is -0.887. The van der Waals surface area contributed by atoms with E-state index in [0.717, 1.165) is 18.7 Å².